The van der Waals surface area contributed by atoms with Gasteiger partial charge in [0, 0.05) is 38.9 Å². The van der Waals surface area contributed by atoms with Gasteiger partial charge in [-0.25, -0.2) is 0 Å². The first-order valence-corrected chi connectivity index (χ1v) is 7.43. The summed E-state index contributed by atoms with van der Waals surface area (Å²) in [6, 6.07) is 9.29. The number of carbonyl (C=O) groups is 1. The second-order valence-electron chi connectivity index (χ2n) is 5.23. The fourth-order valence-electron chi connectivity index (χ4n) is 2.21. The zero-order chi connectivity index (χ0) is 15.8. The van der Waals surface area contributed by atoms with Gasteiger partial charge in [-0.05, 0) is 36.1 Å². The predicted octanol–water partition coefficient (Wildman–Crippen LogP) is 1.97. The highest BCUT2D eigenvalue weighted by molar-refractivity contribution is 5.75. The van der Waals surface area contributed by atoms with Crippen molar-refractivity contribution < 1.29 is 9.53 Å². The molecule has 0 spiro atoms. The number of carbonyl (C=O) groups excluding carboxylic acids is 1. The van der Waals surface area contributed by atoms with Crippen molar-refractivity contribution >= 4 is 5.91 Å². The Morgan fingerprint density at radius 1 is 1.41 bits per heavy atom. The summed E-state index contributed by atoms with van der Waals surface area (Å²) in [7, 11) is 3.50. The van der Waals surface area contributed by atoms with Crippen LogP contribution in [0, 0.1) is 6.07 Å². The molecule has 0 atom stereocenters. The number of rotatable bonds is 8. The van der Waals surface area contributed by atoms with E-state index in [2.05, 4.69) is 22.5 Å². The maximum absolute atomic E-state index is 11.4. The van der Waals surface area contributed by atoms with Gasteiger partial charge in [-0.2, -0.15) is 5.10 Å². The summed E-state index contributed by atoms with van der Waals surface area (Å²) in [6.07, 6.45) is 6.07. The van der Waals surface area contributed by atoms with Gasteiger partial charge in [0.25, 0.3) is 0 Å². The normalized spacial score (nSPS) is 10.6. The molecular formula is C17H22N3O2. The first kappa shape index (κ1) is 16.2. The highest BCUT2D eigenvalue weighted by Crippen LogP contribution is 2.19. The molecule has 1 amide bonds. The number of amides is 1. The molecule has 0 aliphatic rings. The molecule has 22 heavy (non-hydrogen) atoms. The first-order chi connectivity index (χ1) is 10.7. The van der Waals surface area contributed by atoms with Crippen LogP contribution >= 0.6 is 0 Å². The molecule has 117 valence electrons. The van der Waals surface area contributed by atoms with Gasteiger partial charge in [-0.3, -0.25) is 9.48 Å². The third-order valence-corrected chi connectivity index (χ3v) is 3.38. The molecule has 5 heteroatoms. The van der Waals surface area contributed by atoms with Gasteiger partial charge in [0.15, 0.2) is 0 Å². The van der Waals surface area contributed by atoms with Crippen LogP contribution in [0.5, 0.6) is 0 Å². The number of hydrogen-bond acceptors (Lipinski definition) is 3. The minimum absolute atomic E-state index is 0.0394. The van der Waals surface area contributed by atoms with Gasteiger partial charge in [-0.15, -0.1) is 0 Å². The number of methoxy groups -OCH3 is 1. The Balaban J connectivity index is 1.80. The van der Waals surface area contributed by atoms with Crippen LogP contribution in [0.3, 0.4) is 0 Å². The van der Waals surface area contributed by atoms with Crippen LogP contribution in [0.2, 0.25) is 0 Å². The van der Waals surface area contributed by atoms with E-state index in [0.29, 0.717) is 19.6 Å². The van der Waals surface area contributed by atoms with Gasteiger partial charge in [0.2, 0.25) is 5.91 Å². The van der Waals surface area contributed by atoms with E-state index in [1.165, 1.54) is 5.56 Å². The summed E-state index contributed by atoms with van der Waals surface area (Å²) >= 11 is 0. The Labute approximate surface area is 131 Å². The molecule has 0 aliphatic heterocycles. The van der Waals surface area contributed by atoms with Crippen LogP contribution in [0.1, 0.15) is 18.4 Å². The van der Waals surface area contributed by atoms with Crippen molar-refractivity contribution in [2.45, 2.75) is 19.3 Å². The van der Waals surface area contributed by atoms with Crippen LogP contribution in [0.15, 0.2) is 30.6 Å². The monoisotopic (exact) mass is 300 g/mol. The van der Waals surface area contributed by atoms with Crippen LogP contribution in [0.25, 0.3) is 11.1 Å². The van der Waals surface area contributed by atoms with E-state index in [1.54, 1.807) is 11.8 Å². The molecule has 1 radical (unpaired) electrons. The quantitative estimate of drug-likeness (QED) is 0.758. The minimum Gasteiger partial charge on any atom is -0.384 e. The number of nitrogens with zero attached hydrogens (tertiary/aromatic N) is 2. The summed E-state index contributed by atoms with van der Waals surface area (Å²) in [4.78, 5) is 11.4. The molecule has 0 aliphatic carbocycles. The zero-order valence-corrected chi connectivity index (χ0v) is 13.1. The molecule has 1 aromatic carbocycles. The number of ether oxygens (including phenoxy) is 1. The van der Waals surface area contributed by atoms with Crippen molar-refractivity contribution in [3.8, 4) is 11.1 Å². The van der Waals surface area contributed by atoms with E-state index in [0.717, 1.165) is 24.0 Å². The first-order valence-electron chi connectivity index (χ1n) is 7.43. The average molecular weight is 300 g/mol. The lowest BCUT2D eigenvalue weighted by atomic mass is 10.0. The van der Waals surface area contributed by atoms with E-state index >= 15 is 0 Å². The minimum atomic E-state index is 0.0394. The fraction of sp³-hybridized carbons (Fsp3) is 0.412. The van der Waals surface area contributed by atoms with Gasteiger partial charge in [0.1, 0.15) is 0 Å². The zero-order valence-electron chi connectivity index (χ0n) is 13.1. The van der Waals surface area contributed by atoms with Crippen LogP contribution < -0.4 is 5.32 Å². The van der Waals surface area contributed by atoms with Gasteiger partial charge < -0.3 is 10.1 Å². The lowest BCUT2D eigenvalue weighted by Gasteiger charge is -2.06. The van der Waals surface area contributed by atoms with Gasteiger partial charge in [-0.1, -0.05) is 12.1 Å². The summed E-state index contributed by atoms with van der Waals surface area (Å²) in [5, 5.41) is 7.08. The molecule has 2 aromatic rings. The Morgan fingerprint density at radius 2 is 2.27 bits per heavy atom. The van der Waals surface area contributed by atoms with Crippen molar-refractivity contribution in [2.75, 3.05) is 20.3 Å². The average Bonchev–Trinajstić information content (AvgIpc) is 2.96. The standard InChI is InChI=1S/C17H22N3O2/c1-20-13-16(12-19-20)15-7-3-5-14(11-15)6-4-9-18-17(21)8-10-22-2/h5,7,11-13H,4,6,8-10H2,1-2H3,(H,18,21). The Kier molecular flexibility index (Phi) is 6.15. The molecule has 0 bridgehead atoms. The third kappa shape index (κ3) is 5.00. The third-order valence-electron chi connectivity index (χ3n) is 3.38. The molecule has 0 saturated heterocycles. The molecule has 0 fully saturated rings. The predicted molar refractivity (Wildman–Crippen MR) is 85.3 cm³/mol. The van der Waals surface area contributed by atoms with Crippen molar-refractivity contribution in [2.24, 2.45) is 7.05 Å². The molecule has 1 heterocycles. The maximum atomic E-state index is 11.4. The molecule has 0 saturated carbocycles. The number of aryl methyl sites for hydroxylation is 2. The van der Waals surface area contributed by atoms with Crippen molar-refractivity contribution in [1.29, 1.82) is 0 Å². The van der Waals surface area contributed by atoms with Gasteiger partial charge >= 0.3 is 0 Å². The van der Waals surface area contributed by atoms with Crippen LogP contribution in [-0.4, -0.2) is 35.9 Å². The largest absolute Gasteiger partial charge is 0.384 e. The molecule has 5 nitrogen and oxygen atoms in total. The second-order valence-corrected chi connectivity index (χ2v) is 5.23. The lowest BCUT2D eigenvalue weighted by Crippen LogP contribution is -2.25. The molecular weight excluding hydrogens is 278 g/mol. The highest BCUT2D eigenvalue weighted by atomic mass is 16.5. The SMILES string of the molecule is COCCC(=O)NCCCc1c[c]cc(-c2cnn(C)c2)c1. The molecule has 1 N–H and O–H groups in total. The van der Waals surface area contributed by atoms with E-state index in [-0.39, 0.29) is 5.91 Å². The van der Waals surface area contributed by atoms with Crippen molar-refractivity contribution in [3.05, 3.63) is 42.2 Å². The summed E-state index contributed by atoms with van der Waals surface area (Å²) < 4.78 is 6.66. The van der Waals surface area contributed by atoms with E-state index < -0.39 is 0 Å². The molecule has 0 unspecified atom stereocenters. The highest BCUT2D eigenvalue weighted by Gasteiger charge is 2.03. The summed E-state index contributed by atoms with van der Waals surface area (Å²) in [6.45, 7) is 1.15. The Morgan fingerprint density at radius 3 is 3.00 bits per heavy atom. The van der Waals surface area contributed by atoms with Crippen molar-refractivity contribution in [1.82, 2.24) is 15.1 Å². The van der Waals surface area contributed by atoms with Crippen molar-refractivity contribution in [3.63, 3.8) is 0 Å². The summed E-state index contributed by atoms with van der Waals surface area (Å²) in [5.41, 5.74) is 3.43. The second kappa shape index (κ2) is 8.34. The number of aromatic nitrogens is 2. The van der Waals surface area contributed by atoms with E-state index in [1.807, 2.05) is 31.6 Å². The Hall–Kier alpha value is -2.14. The maximum Gasteiger partial charge on any atom is 0.222 e. The number of benzene rings is 1. The molecule has 2 rings (SSSR count). The fourth-order valence-corrected chi connectivity index (χ4v) is 2.21. The number of nitrogens with one attached hydrogen (secondary N) is 1. The topological polar surface area (TPSA) is 56.1 Å². The van der Waals surface area contributed by atoms with Gasteiger partial charge in [0.05, 0.1) is 12.8 Å². The van der Waals surface area contributed by atoms with E-state index in [9.17, 15) is 4.79 Å². The Bertz CT molecular complexity index is 607. The van der Waals surface area contributed by atoms with Crippen LogP contribution in [0.4, 0.5) is 0 Å². The van der Waals surface area contributed by atoms with E-state index in [4.69, 9.17) is 4.74 Å². The summed E-state index contributed by atoms with van der Waals surface area (Å²) in [5.74, 6) is 0.0394. The molecule has 1 aromatic heterocycles. The lowest BCUT2D eigenvalue weighted by molar-refractivity contribution is -0.121. The number of hydrogen-bond donors (Lipinski definition) is 1. The smallest absolute Gasteiger partial charge is 0.222 e. The van der Waals surface area contributed by atoms with Crippen LogP contribution in [-0.2, 0) is 23.0 Å².